The Morgan fingerprint density at radius 3 is 2.54 bits per heavy atom. The van der Waals surface area contributed by atoms with Crippen molar-refractivity contribution in [2.24, 2.45) is 0 Å². The number of rotatable bonds is 6. The Morgan fingerprint density at radius 1 is 1.08 bits per heavy atom. The second-order valence-corrected chi connectivity index (χ2v) is 10.3. The van der Waals surface area contributed by atoms with Crippen LogP contribution in [0, 0.1) is 11.3 Å². The van der Waals surface area contributed by atoms with Gasteiger partial charge in [0, 0.05) is 56.1 Å². The van der Waals surface area contributed by atoms with E-state index in [1.54, 1.807) is 39.5 Å². The van der Waals surface area contributed by atoms with Crippen molar-refractivity contribution in [2.45, 2.75) is 19.4 Å². The maximum absolute atomic E-state index is 12.4. The second kappa shape index (κ2) is 10.5. The number of methoxy groups -OCH3 is 1. The number of hydrogen-bond donors (Lipinski definition) is 0. The molecular weight excluding hydrogens is 492 g/mol. The number of nitriles is 1. The minimum Gasteiger partial charge on any atom is -0.496 e. The van der Waals surface area contributed by atoms with E-state index in [1.165, 1.54) is 4.90 Å². The van der Waals surface area contributed by atoms with Gasteiger partial charge in [-0.25, -0.2) is 0 Å². The molecule has 1 fully saturated rings. The van der Waals surface area contributed by atoms with Crippen LogP contribution in [0.15, 0.2) is 59.1 Å². The molecule has 0 radical (unpaired) electrons. The molecule has 8 nitrogen and oxygen atoms in total. The van der Waals surface area contributed by atoms with Crippen molar-refractivity contribution < 1.29 is 18.7 Å². The molecule has 0 atom stereocenters. The van der Waals surface area contributed by atoms with E-state index in [-0.39, 0.29) is 11.4 Å². The highest BCUT2D eigenvalue weighted by atomic mass is 16.5. The molecule has 0 N–H and O–H groups in total. The van der Waals surface area contributed by atoms with Crippen LogP contribution in [-0.2, 0) is 10.3 Å². The molecule has 39 heavy (non-hydrogen) atoms. The smallest absolute Gasteiger partial charge is 0.253 e. The third kappa shape index (κ3) is 4.87. The highest BCUT2D eigenvalue weighted by Gasteiger charge is 2.32. The normalized spacial score (nSPS) is 14.3. The van der Waals surface area contributed by atoms with Crippen molar-refractivity contribution in [3.8, 4) is 34.3 Å². The number of aromatic nitrogens is 1. The van der Waals surface area contributed by atoms with Crippen LogP contribution in [0.5, 0.6) is 5.75 Å². The fourth-order valence-electron chi connectivity index (χ4n) is 5.21. The first-order chi connectivity index (χ1) is 18.7. The SMILES string of the molecule is COc1cc(C(=O)N(C)C)ccc1-c1cc2nccc(-c3ccc(C(C)(C)N4CCOCC4)c(C#N)c3)c2o1. The number of ether oxygens (including phenoxy) is 2. The number of benzene rings is 2. The standard InChI is InChI=1S/C31H32N4O4/c1-31(2,35-12-14-38-15-13-35)25-9-7-20(16-22(25)19-32)23-10-11-33-26-18-28(39-29(23)26)24-8-6-21(17-27(24)37-5)30(36)34(3)4/h6-11,16-18H,12-15H2,1-5H3. The molecule has 2 aromatic heterocycles. The molecule has 0 saturated carbocycles. The molecule has 1 aliphatic rings. The zero-order valence-corrected chi connectivity index (χ0v) is 22.9. The Kier molecular flexibility index (Phi) is 7.13. The van der Waals surface area contributed by atoms with Crippen LogP contribution in [-0.4, -0.2) is 68.2 Å². The Bertz CT molecular complexity index is 1580. The molecule has 1 amide bonds. The van der Waals surface area contributed by atoms with Crippen LogP contribution in [0.3, 0.4) is 0 Å². The quantitative estimate of drug-likeness (QED) is 0.337. The summed E-state index contributed by atoms with van der Waals surface area (Å²) in [4.78, 5) is 20.8. The molecule has 2 aromatic carbocycles. The van der Waals surface area contributed by atoms with Crippen LogP contribution >= 0.6 is 0 Å². The molecule has 8 heteroatoms. The van der Waals surface area contributed by atoms with Crippen LogP contribution in [0.2, 0.25) is 0 Å². The van der Waals surface area contributed by atoms with Gasteiger partial charge in [-0.05, 0) is 55.3 Å². The summed E-state index contributed by atoms with van der Waals surface area (Å²) in [6.45, 7) is 7.35. The third-order valence-electron chi connectivity index (χ3n) is 7.44. The Morgan fingerprint density at radius 2 is 1.85 bits per heavy atom. The maximum atomic E-state index is 12.4. The van der Waals surface area contributed by atoms with Crippen molar-refractivity contribution in [1.29, 1.82) is 5.26 Å². The number of fused-ring (bicyclic) bond motifs is 1. The number of carbonyl (C=O) groups excluding carboxylic acids is 1. The minimum atomic E-state index is -0.310. The first-order valence-electron chi connectivity index (χ1n) is 12.9. The van der Waals surface area contributed by atoms with Gasteiger partial charge in [-0.1, -0.05) is 12.1 Å². The zero-order valence-electron chi connectivity index (χ0n) is 22.9. The summed E-state index contributed by atoms with van der Waals surface area (Å²) in [5.74, 6) is 1.00. The highest BCUT2D eigenvalue weighted by molar-refractivity contribution is 5.96. The van der Waals surface area contributed by atoms with Gasteiger partial charge >= 0.3 is 0 Å². The molecule has 0 aliphatic carbocycles. The van der Waals surface area contributed by atoms with Crippen molar-refractivity contribution >= 4 is 17.0 Å². The average Bonchev–Trinajstić information content (AvgIpc) is 3.40. The molecular formula is C31H32N4O4. The molecule has 4 aromatic rings. The Labute approximate surface area is 228 Å². The van der Waals surface area contributed by atoms with E-state index in [0.717, 1.165) is 35.3 Å². The van der Waals surface area contributed by atoms with Gasteiger partial charge in [0.2, 0.25) is 0 Å². The molecule has 1 aliphatic heterocycles. The zero-order chi connectivity index (χ0) is 27.7. The molecule has 1 saturated heterocycles. The Hall–Kier alpha value is -4.19. The number of hydrogen-bond acceptors (Lipinski definition) is 7. The van der Waals surface area contributed by atoms with Gasteiger partial charge in [0.25, 0.3) is 5.91 Å². The van der Waals surface area contributed by atoms with E-state index < -0.39 is 0 Å². The van der Waals surface area contributed by atoms with Gasteiger partial charge in [0.1, 0.15) is 17.0 Å². The van der Waals surface area contributed by atoms with Crippen molar-refractivity contribution in [2.75, 3.05) is 47.5 Å². The topological polar surface area (TPSA) is 91.8 Å². The van der Waals surface area contributed by atoms with Crippen LogP contribution < -0.4 is 4.74 Å². The number of morpholine rings is 1. The number of furan rings is 1. The van der Waals surface area contributed by atoms with Gasteiger partial charge in [-0.3, -0.25) is 14.7 Å². The fraction of sp³-hybridized carbons (Fsp3) is 0.323. The third-order valence-corrected chi connectivity index (χ3v) is 7.44. The molecule has 5 rings (SSSR count). The second-order valence-electron chi connectivity index (χ2n) is 10.3. The van der Waals surface area contributed by atoms with E-state index in [2.05, 4.69) is 29.8 Å². The maximum Gasteiger partial charge on any atom is 0.253 e. The lowest BCUT2D eigenvalue weighted by Gasteiger charge is -2.41. The van der Waals surface area contributed by atoms with Gasteiger partial charge in [-0.15, -0.1) is 0 Å². The first-order valence-corrected chi connectivity index (χ1v) is 12.9. The average molecular weight is 525 g/mol. The largest absolute Gasteiger partial charge is 0.496 e. The molecule has 0 bridgehead atoms. The predicted octanol–water partition coefficient (Wildman–Crippen LogP) is 5.31. The molecule has 0 spiro atoms. The van der Waals surface area contributed by atoms with Gasteiger partial charge in [-0.2, -0.15) is 5.26 Å². The summed E-state index contributed by atoms with van der Waals surface area (Å²) in [7, 11) is 4.99. The monoisotopic (exact) mass is 524 g/mol. The van der Waals surface area contributed by atoms with Crippen molar-refractivity contribution in [3.05, 3.63) is 71.4 Å². The number of carbonyl (C=O) groups is 1. The summed E-state index contributed by atoms with van der Waals surface area (Å²) in [6, 6.07) is 17.5. The lowest BCUT2D eigenvalue weighted by molar-refractivity contribution is -0.0118. The van der Waals surface area contributed by atoms with Crippen LogP contribution in [0.25, 0.3) is 33.6 Å². The number of nitrogens with zero attached hydrogens (tertiary/aromatic N) is 4. The predicted molar refractivity (Wildman–Crippen MR) is 150 cm³/mol. The summed E-state index contributed by atoms with van der Waals surface area (Å²) < 4.78 is 17.5. The van der Waals surface area contributed by atoms with Gasteiger partial charge in [0.05, 0.1) is 37.5 Å². The summed E-state index contributed by atoms with van der Waals surface area (Å²) >= 11 is 0. The summed E-state index contributed by atoms with van der Waals surface area (Å²) in [5.41, 5.74) is 5.58. The van der Waals surface area contributed by atoms with E-state index >= 15 is 0 Å². The summed E-state index contributed by atoms with van der Waals surface area (Å²) in [6.07, 6.45) is 1.74. The van der Waals surface area contributed by atoms with E-state index in [0.29, 0.717) is 47.0 Å². The molecule has 200 valence electrons. The van der Waals surface area contributed by atoms with Gasteiger partial charge < -0.3 is 18.8 Å². The first kappa shape index (κ1) is 26.4. The van der Waals surface area contributed by atoms with Crippen molar-refractivity contribution in [3.63, 3.8) is 0 Å². The molecule has 0 unspecified atom stereocenters. The fourth-order valence-corrected chi connectivity index (χ4v) is 5.21. The Balaban J connectivity index is 1.55. The van der Waals surface area contributed by atoms with Gasteiger partial charge in [0.15, 0.2) is 5.58 Å². The van der Waals surface area contributed by atoms with E-state index in [9.17, 15) is 10.1 Å². The van der Waals surface area contributed by atoms with E-state index in [1.807, 2.05) is 36.4 Å². The van der Waals surface area contributed by atoms with E-state index in [4.69, 9.17) is 13.9 Å². The number of amides is 1. The lowest BCUT2D eigenvalue weighted by atomic mass is 9.86. The lowest BCUT2D eigenvalue weighted by Crippen LogP contribution is -2.48. The van der Waals surface area contributed by atoms with Crippen LogP contribution in [0.1, 0.15) is 35.3 Å². The van der Waals surface area contributed by atoms with Crippen molar-refractivity contribution in [1.82, 2.24) is 14.8 Å². The number of pyridine rings is 1. The highest BCUT2D eigenvalue weighted by Crippen LogP contribution is 2.39. The minimum absolute atomic E-state index is 0.109. The summed E-state index contributed by atoms with van der Waals surface area (Å²) in [5, 5.41) is 10.1. The molecule has 3 heterocycles. The van der Waals surface area contributed by atoms with Crippen LogP contribution in [0.4, 0.5) is 0 Å².